The molecule has 0 amide bonds. The molecule has 0 fully saturated rings. The zero-order valence-corrected chi connectivity index (χ0v) is 35.3. The average Bonchev–Trinajstić information content (AvgIpc) is 3.64. The average molecular weight is 776 g/mol. The Hall–Kier alpha value is -6.90. The van der Waals surface area contributed by atoms with Gasteiger partial charge in [-0.3, -0.25) is 0 Å². The van der Waals surface area contributed by atoms with Crippen molar-refractivity contribution in [3.8, 4) is 33.4 Å². The van der Waals surface area contributed by atoms with Crippen molar-refractivity contribution in [1.29, 1.82) is 0 Å². The van der Waals surface area contributed by atoms with Crippen LogP contribution in [0.3, 0.4) is 0 Å². The van der Waals surface area contributed by atoms with Crippen molar-refractivity contribution in [3.05, 3.63) is 199 Å². The summed E-state index contributed by atoms with van der Waals surface area (Å²) in [5, 5.41) is 7.18. The van der Waals surface area contributed by atoms with Gasteiger partial charge in [-0.1, -0.05) is 181 Å². The first-order valence-electron chi connectivity index (χ1n) is 21.1. The third kappa shape index (κ3) is 6.73. The van der Waals surface area contributed by atoms with Crippen molar-refractivity contribution in [3.63, 3.8) is 0 Å². The van der Waals surface area contributed by atoms with Crippen LogP contribution in [-0.4, -0.2) is 0 Å². The largest absolute Gasteiger partial charge is 0.456 e. The molecule has 0 spiro atoms. The quantitative estimate of drug-likeness (QED) is 0.167. The van der Waals surface area contributed by atoms with E-state index in [-0.39, 0.29) is 10.8 Å². The topological polar surface area (TPSA) is 16.4 Å². The molecule has 9 aromatic carbocycles. The molecule has 60 heavy (non-hydrogen) atoms. The second-order valence-corrected chi connectivity index (χ2v) is 18.2. The Kier molecular flexibility index (Phi) is 8.99. The van der Waals surface area contributed by atoms with Gasteiger partial charge in [0.2, 0.25) is 0 Å². The van der Waals surface area contributed by atoms with Gasteiger partial charge in [-0.2, -0.15) is 0 Å². The minimum Gasteiger partial charge on any atom is -0.456 e. The molecule has 0 unspecified atom stereocenters. The predicted octanol–water partition coefficient (Wildman–Crippen LogP) is 17.0. The second kappa shape index (κ2) is 14.4. The fourth-order valence-corrected chi connectivity index (χ4v) is 8.80. The van der Waals surface area contributed by atoms with Crippen LogP contribution in [0, 0.1) is 0 Å². The Morgan fingerprint density at radius 1 is 0.367 bits per heavy atom. The van der Waals surface area contributed by atoms with Crippen LogP contribution in [0.25, 0.3) is 76.9 Å². The number of rotatable bonds is 6. The summed E-state index contributed by atoms with van der Waals surface area (Å²) in [4.78, 5) is 2.43. The fourth-order valence-electron chi connectivity index (χ4n) is 8.80. The molecular formula is C58H49NO. The maximum absolute atomic E-state index is 6.16. The van der Waals surface area contributed by atoms with Crippen LogP contribution in [0.1, 0.15) is 52.7 Å². The summed E-state index contributed by atoms with van der Waals surface area (Å²) in [5.41, 5.74) is 15.0. The monoisotopic (exact) mass is 775 g/mol. The summed E-state index contributed by atoms with van der Waals surface area (Å²) in [6.07, 6.45) is 0. The fraction of sp³-hybridized carbons (Fsp3) is 0.138. The van der Waals surface area contributed by atoms with Gasteiger partial charge in [0.05, 0.1) is 5.69 Å². The highest BCUT2D eigenvalue weighted by Crippen LogP contribution is 2.46. The lowest BCUT2D eigenvalue weighted by molar-refractivity contribution is 0.569. The van der Waals surface area contributed by atoms with Gasteiger partial charge in [0.15, 0.2) is 0 Å². The van der Waals surface area contributed by atoms with Crippen molar-refractivity contribution in [1.82, 2.24) is 0 Å². The van der Waals surface area contributed by atoms with Gasteiger partial charge in [-0.05, 0) is 120 Å². The third-order valence-electron chi connectivity index (χ3n) is 12.1. The van der Waals surface area contributed by atoms with E-state index >= 15 is 0 Å². The first-order chi connectivity index (χ1) is 29.0. The molecule has 0 aliphatic heterocycles. The van der Waals surface area contributed by atoms with E-state index in [4.69, 9.17) is 4.42 Å². The van der Waals surface area contributed by atoms with E-state index in [1.165, 1.54) is 54.9 Å². The third-order valence-corrected chi connectivity index (χ3v) is 12.1. The number of furan rings is 1. The molecule has 1 heterocycles. The maximum Gasteiger partial charge on any atom is 0.135 e. The smallest absolute Gasteiger partial charge is 0.135 e. The maximum atomic E-state index is 6.16. The second-order valence-electron chi connectivity index (χ2n) is 18.2. The number of hydrogen-bond donors (Lipinski definition) is 0. The Morgan fingerprint density at radius 2 is 0.950 bits per heavy atom. The molecule has 2 nitrogen and oxygen atoms in total. The van der Waals surface area contributed by atoms with Crippen molar-refractivity contribution < 1.29 is 4.42 Å². The van der Waals surface area contributed by atoms with Crippen LogP contribution < -0.4 is 4.90 Å². The van der Waals surface area contributed by atoms with Crippen LogP contribution in [-0.2, 0) is 10.8 Å². The first-order valence-corrected chi connectivity index (χ1v) is 21.1. The number of hydrogen-bond acceptors (Lipinski definition) is 2. The van der Waals surface area contributed by atoms with E-state index in [2.05, 4.69) is 222 Å². The molecule has 0 saturated carbocycles. The lowest BCUT2D eigenvalue weighted by Crippen LogP contribution is -2.16. The molecule has 2 heteroatoms. The zero-order chi connectivity index (χ0) is 41.2. The number of nitrogens with zero attached hydrogens (tertiary/aromatic N) is 1. The standard InChI is InChI=1S/C58H49NO/c1-57(2,3)44-33-43(34-45(37-44)58(4,5)6)48-21-13-17-40-18-14-22-51(56(40)48)49-19-9-11-23-53(49)59(47-31-27-38-15-7-8-16-41(38)35-47)46-29-25-39(26-30-46)42-28-32-55-52(36-42)50-20-10-12-24-54(50)60-55/h7-37H,1-6H3. The molecule has 0 aliphatic carbocycles. The zero-order valence-electron chi connectivity index (χ0n) is 35.3. The molecule has 0 aliphatic rings. The summed E-state index contributed by atoms with van der Waals surface area (Å²) >= 11 is 0. The minimum atomic E-state index is 0.00626. The molecular weight excluding hydrogens is 727 g/mol. The van der Waals surface area contributed by atoms with E-state index in [9.17, 15) is 0 Å². The number of benzene rings is 9. The molecule has 1 aromatic heterocycles. The van der Waals surface area contributed by atoms with Crippen LogP contribution in [0.2, 0.25) is 0 Å². The Bertz CT molecular complexity index is 3190. The van der Waals surface area contributed by atoms with Crippen molar-refractivity contribution in [2.24, 2.45) is 0 Å². The molecule has 0 atom stereocenters. The van der Waals surface area contributed by atoms with Crippen molar-refractivity contribution in [2.75, 3.05) is 4.90 Å². The summed E-state index contributed by atoms with van der Waals surface area (Å²) in [5.74, 6) is 0. The first kappa shape index (κ1) is 37.4. The molecule has 292 valence electrons. The Labute approximate surface area is 353 Å². The predicted molar refractivity (Wildman–Crippen MR) is 257 cm³/mol. The van der Waals surface area contributed by atoms with Gasteiger partial charge in [0.25, 0.3) is 0 Å². The van der Waals surface area contributed by atoms with Gasteiger partial charge >= 0.3 is 0 Å². The van der Waals surface area contributed by atoms with Crippen molar-refractivity contribution in [2.45, 2.75) is 52.4 Å². The number of fused-ring (bicyclic) bond motifs is 5. The molecule has 0 saturated heterocycles. The summed E-state index contributed by atoms with van der Waals surface area (Å²) in [6, 6.07) is 69.0. The van der Waals surface area contributed by atoms with Gasteiger partial charge in [0, 0.05) is 27.7 Å². The van der Waals surface area contributed by atoms with Crippen LogP contribution in [0.4, 0.5) is 17.1 Å². The molecule has 10 aromatic rings. The molecule has 0 N–H and O–H groups in total. The Balaban J connectivity index is 1.16. The lowest BCUT2D eigenvalue weighted by Gasteiger charge is -2.29. The van der Waals surface area contributed by atoms with E-state index in [1.807, 2.05) is 12.1 Å². The van der Waals surface area contributed by atoms with E-state index < -0.39 is 0 Å². The van der Waals surface area contributed by atoms with Gasteiger partial charge in [-0.25, -0.2) is 0 Å². The van der Waals surface area contributed by atoms with Crippen LogP contribution in [0.5, 0.6) is 0 Å². The summed E-state index contributed by atoms with van der Waals surface area (Å²) in [6.45, 7) is 13.9. The highest BCUT2D eigenvalue weighted by atomic mass is 16.3. The minimum absolute atomic E-state index is 0.00626. The number of para-hydroxylation sites is 2. The van der Waals surface area contributed by atoms with E-state index in [0.717, 1.165) is 50.1 Å². The van der Waals surface area contributed by atoms with Gasteiger partial charge < -0.3 is 9.32 Å². The highest BCUT2D eigenvalue weighted by molar-refractivity contribution is 6.09. The normalized spacial score (nSPS) is 12.2. The van der Waals surface area contributed by atoms with Crippen LogP contribution >= 0.6 is 0 Å². The van der Waals surface area contributed by atoms with Crippen molar-refractivity contribution >= 4 is 60.5 Å². The van der Waals surface area contributed by atoms with Crippen LogP contribution in [0.15, 0.2) is 192 Å². The van der Waals surface area contributed by atoms with E-state index in [1.54, 1.807) is 0 Å². The van der Waals surface area contributed by atoms with Gasteiger partial charge in [-0.15, -0.1) is 0 Å². The number of anilines is 3. The molecule has 0 bridgehead atoms. The van der Waals surface area contributed by atoms with E-state index in [0.29, 0.717) is 0 Å². The SMILES string of the molecule is CC(C)(C)c1cc(-c2cccc3cccc(-c4ccccc4N(c4ccc(-c5ccc6oc7ccccc7c6c5)cc4)c4ccc5ccccc5c4)c23)cc(C(C)(C)C)c1. The Morgan fingerprint density at radius 3 is 1.70 bits per heavy atom. The summed E-state index contributed by atoms with van der Waals surface area (Å²) < 4.78 is 6.16. The molecule has 0 radical (unpaired) electrons. The highest BCUT2D eigenvalue weighted by Gasteiger charge is 2.24. The summed E-state index contributed by atoms with van der Waals surface area (Å²) in [7, 11) is 0. The lowest BCUT2D eigenvalue weighted by atomic mass is 9.78. The molecule has 10 rings (SSSR count). The van der Waals surface area contributed by atoms with Gasteiger partial charge in [0.1, 0.15) is 11.2 Å².